The summed E-state index contributed by atoms with van der Waals surface area (Å²) >= 11 is 6.02. The number of nitrogen functional groups attached to an aromatic ring is 1. The molecular weight excluding hydrogens is 402 g/mol. The molecule has 0 amide bonds. The molecule has 0 radical (unpaired) electrons. The van der Waals surface area contributed by atoms with Crippen LogP contribution in [0.4, 0.5) is 5.69 Å². The van der Waals surface area contributed by atoms with Gasteiger partial charge in [-0.05, 0) is 66.9 Å². The molecule has 0 fully saturated rings. The minimum Gasteiger partial charge on any atom is -0.489 e. The van der Waals surface area contributed by atoms with Crippen LogP contribution >= 0.6 is 11.6 Å². The van der Waals surface area contributed by atoms with Crippen LogP contribution in [-0.4, -0.2) is 11.8 Å². The number of nitrogens with zero attached hydrogens (tertiary/aromatic N) is 1. The van der Waals surface area contributed by atoms with Crippen molar-refractivity contribution in [3.8, 4) is 5.75 Å². The van der Waals surface area contributed by atoms with Crippen LogP contribution in [0.15, 0.2) is 65.8 Å². The maximum absolute atomic E-state index is 12.2. The van der Waals surface area contributed by atoms with E-state index in [1.807, 2.05) is 26.0 Å². The average Bonchev–Trinajstić information content (AvgIpc) is 2.75. The predicted molar refractivity (Wildman–Crippen MR) is 119 cm³/mol. The predicted octanol–water partition coefficient (Wildman–Crippen LogP) is 4.60. The van der Waals surface area contributed by atoms with Crippen LogP contribution in [0.1, 0.15) is 32.6 Å². The Bertz CT molecular complexity index is 1100. The van der Waals surface area contributed by atoms with Gasteiger partial charge in [0.1, 0.15) is 12.4 Å². The third kappa shape index (κ3) is 5.10. The fourth-order valence-electron chi connectivity index (χ4n) is 2.73. The Kier molecular flexibility index (Phi) is 6.59. The van der Waals surface area contributed by atoms with Crippen LogP contribution < -0.4 is 16.2 Å². The number of nitrogens with two attached hydrogens (primary N) is 2. The van der Waals surface area contributed by atoms with E-state index in [0.29, 0.717) is 28.4 Å². The molecule has 3 rings (SSSR count). The molecule has 0 saturated heterocycles. The normalized spacial score (nSPS) is 11.2. The maximum Gasteiger partial charge on any atom is 0.365 e. The number of benzene rings is 3. The third-order valence-corrected chi connectivity index (χ3v) is 5.03. The Morgan fingerprint density at radius 3 is 2.50 bits per heavy atom. The van der Waals surface area contributed by atoms with Gasteiger partial charge in [0.2, 0.25) is 0 Å². The zero-order valence-electron chi connectivity index (χ0n) is 16.7. The summed E-state index contributed by atoms with van der Waals surface area (Å²) in [5.74, 6) is 0.193. The summed E-state index contributed by atoms with van der Waals surface area (Å²) in [6, 6.07) is 17.6. The van der Waals surface area contributed by atoms with E-state index in [-0.39, 0.29) is 5.84 Å². The minimum atomic E-state index is -0.611. The van der Waals surface area contributed by atoms with Crippen molar-refractivity contribution in [3.63, 3.8) is 0 Å². The second kappa shape index (κ2) is 9.33. The highest BCUT2D eigenvalue weighted by Gasteiger charge is 2.10. The van der Waals surface area contributed by atoms with Crippen LogP contribution in [0, 0.1) is 13.8 Å². The molecule has 30 heavy (non-hydrogen) atoms. The molecule has 0 aliphatic rings. The summed E-state index contributed by atoms with van der Waals surface area (Å²) in [5, 5.41) is 4.43. The van der Waals surface area contributed by atoms with Crippen LogP contribution in [0.2, 0.25) is 5.02 Å². The number of ether oxygens (including phenoxy) is 1. The van der Waals surface area contributed by atoms with Gasteiger partial charge < -0.3 is 21.0 Å². The maximum atomic E-state index is 12.2. The van der Waals surface area contributed by atoms with E-state index in [9.17, 15) is 4.79 Å². The van der Waals surface area contributed by atoms with E-state index in [0.717, 1.165) is 22.4 Å². The number of carbonyl (C=O) groups is 1. The average molecular weight is 424 g/mol. The molecule has 4 N–H and O–H groups in total. The number of anilines is 1. The van der Waals surface area contributed by atoms with Crippen LogP contribution in [0.25, 0.3) is 0 Å². The SMILES string of the molecule is Cc1cc(OCc2ccc(C(=O)O/N=C(\N)c3cccc(N)c3C)cc2)ccc1Cl. The molecule has 3 aromatic rings. The first kappa shape index (κ1) is 21.2. The molecule has 0 saturated carbocycles. The zero-order valence-corrected chi connectivity index (χ0v) is 17.4. The first-order chi connectivity index (χ1) is 14.3. The lowest BCUT2D eigenvalue weighted by Gasteiger charge is -2.08. The fraction of sp³-hybridized carbons (Fsp3) is 0.130. The van der Waals surface area contributed by atoms with E-state index < -0.39 is 5.97 Å². The zero-order chi connectivity index (χ0) is 21.7. The molecule has 154 valence electrons. The highest BCUT2D eigenvalue weighted by atomic mass is 35.5. The molecule has 0 aliphatic heterocycles. The van der Waals surface area contributed by atoms with Gasteiger partial charge in [0.15, 0.2) is 5.84 Å². The second-order valence-electron chi connectivity index (χ2n) is 6.77. The van der Waals surface area contributed by atoms with Crippen molar-refractivity contribution in [1.82, 2.24) is 0 Å². The van der Waals surface area contributed by atoms with Gasteiger partial charge in [-0.3, -0.25) is 0 Å². The molecule has 0 aliphatic carbocycles. The van der Waals surface area contributed by atoms with Crippen molar-refractivity contribution in [2.24, 2.45) is 10.9 Å². The molecule has 0 aromatic heterocycles. The lowest BCUT2D eigenvalue weighted by atomic mass is 10.1. The van der Waals surface area contributed by atoms with Gasteiger partial charge in [-0.25, -0.2) is 4.79 Å². The van der Waals surface area contributed by atoms with Crippen LogP contribution in [0.5, 0.6) is 5.75 Å². The van der Waals surface area contributed by atoms with Gasteiger partial charge in [0.25, 0.3) is 0 Å². The molecule has 0 unspecified atom stereocenters. The lowest BCUT2D eigenvalue weighted by Crippen LogP contribution is -2.17. The lowest BCUT2D eigenvalue weighted by molar-refractivity contribution is 0.0516. The number of hydrogen-bond donors (Lipinski definition) is 2. The van der Waals surface area contributed by atoms with E-state index >= 15 is 0 Å². The highest BCUT2D eigenvalue weighted by Crippen LogP contribution is 2.22. The Hall–Kier alpha value is -3.51. The van der Waals surface area contributed by atoms with E-state index in [1.54, 1.807) is 48.5 Å². The van der Waals surface area contributed by atoms with Gasteiger partial charge >= 0.3 is 5.97 Å². The fourth-order valence-corrected chi connectivity index (χ4v) is 2.85. The van der Waals surface area contributed by atoms with Crippen molar-refractivity contribution in [2.75, 3.05) is 5.73 Å². The Balaban J connectivity index is 1.60. The monoisotopic (exact) mass is 423 g/mol. The Morgan fingerprint density at radius 2 is 1.80 bits per heavy atom. The first-order valence-corrected chi connectivity index (χ1v) is 9.61. The minimum absolute atomic E-state index is 0.0800. The standard InChI is InChI=1S/C23H22ClN3O3/c1-14-12-18(10-11-20(14)24)29-13-16-6-8-17(9-7-16)23(28)30-27-22(26)19-4-3-5-21(25)15(19)2/h3-12H,13,25H2,1-2H3,(H2,26,27). The van der Waals surface area contributed by atoms with Crippen molar-refractivity contribution in [2.45, 2.75) is 20.5 Å². The third-order valence-electron chi connectivity index (χ3n) is 4.60. The number of hydrogen-bond acceptors (Lipinski definition) is 5. The van der Waals surface area contributed by atoms with Gasteiger partial charge in [0, 0.05) is 16.3 Å². The van der Waals surface area contributed by atoms with Gasteiger partial charge in [0.05, 0.1) is 5.56 Å². The first-order valence-electron chi connectivity index (χ1n) is 9.23. The molecule has 0 heterocycles. The van der Waals surface area contributed by atoms with Gasteiger partial charge in [-0.15, -0.1) is 0 Å². The summed E-state index contributed by atoms with van der Waals surface area (Å²) < 4.78 is 5.75. The molecular formula is C23H22ClN3O3. The van der Waals surface area contributed by atoms with Crippen molar-refractivity contribution < 1.29 is 14.4 Å². The highest BCUT2D eigenvalue weighted by molar-refractivity contribution is 6.31. The smallest absolute Gasteiger partial charge is 0.365 e. The summed E-state index contributed by atoms with van der Waals surface area (Å²) in [6.45, 7) is 4.09. The van der Waals surface area contributed by atoms with Gasteiger partial charge in [-0.2, -0.15) is 0 Å². The second-order valence-corrected chi connectivity index (χ2v) is 7.18. The van der Waals surface area contributed by atoms with Gasteiger partial charge in [-0.1, -0.05) is 41.0 Å². The number of aryl methyl sites for hydroxylation is 1. The van der Waals surface area contributed by atoms with E-state index in [1.165, 1.54) is 0 Å². The van der Waals surface area contributed by atoms with E-state index in [4.69, 9.17) is 32.6 Å². The number of rotatable bonds is 6. The number of amidine groups is 1. The molecule has 0 spiro atoms. The molecule has 3 aromatic carbocycles. The molecule has 7 heteroatoms. The van der Waals surface area contributed by atoms with Crippen LogP contribution in [-0.2, 0) is 11.4 Å². The summed E-state index contributed by atoms with van der Waals surface area (Å²) in [6.07, 6.45) is 0. The summed E-state index contributed by atoms with van der Waals surface area (Å²) in [7, 11) is 0. The molecule has 0 bridgehead atoms. The van der Waals surface area contributed by atoms with Crippen molar-refractivity contribution >= 4 is 29.1 Å². The number of halogens is 1. The summed E-state index contributed by atoms with van der Waals surface area (Å²) in [4.78, 5) is 17.2. The molecule has 6 nitrogen and oxygen atoms in total. The number of carbonyl (C=O) groups excluding carboxylic acids is 1. The van der Waals surface area contributed by atoms with Crippen LogP contribution in [0.3, 0.4) is 0 Å². The Labute approximate surface area is 180 Å². The van der Waals surface area contributed by atoms with Crippen molar-refractivity contribution in [1.29, 1.82) is 0 Å². The molecule has 0 atom stereocenters. The Morgan fingerprint density at radius 1 is 1.07 bits per heavy atom. The largest absolute Gasteiger partial charge is 0.489 e. The number of oxime groups is 1. The van der Waals surface area contributed by atoms with Crippen molar-refractivity contribution in [3.05, 3.63) is 93.5 Å². The topological polar surface area (TPSA) is 99.9 Å². The van der Waals surface area contributed by atoms with E-state index in [2.05, 4.69) is 5.16 Å². The summed E-state index contributed by atoms with van der Waals surface area (Å²) in [5.41, 5.74) is 16.0. The quantitative estimate of drug-likeness (QED) is 0.198.